The minimum Gasteiger partial charge on any atom is -0.287 e. The Kier molecular flexibility index (Phi) is 6.77. The van der Waals surface area contributed by atoms with Crippen LogP contribution in [0, 0.1) is 0 Å². The molecule has 5 nitrogen and oxygen atoms in total. The summed E-state index contributed by atoms with van der Waals surface area (Å²) in [6.07, 6.45) is 0. The van der Waals surface area contributed by atoms with Gasteiger partial charge in [0, 0.05) is 10.0 Å². The molecule has 0 saturated heterocycles. The van der Waals surface area contributed by atoms with Crippen LogP contribution in [-0.2, 0) is 14.8 Å². The van der Waals surface area contributed by atoms with E-state index in [9.17, 15) is 13.2 Å². The quantitative estimate of drug-likeness (QED) is 0.296. The Labute approximate surface area is 193 Å². The molecule has 154 valence electrons. The average Bonchev–Trinajstić information content (AvgIpc) is 2.74. The van der Waals surface area contributed by atoms with Crippen molar-refractivity contribution in [1.29, 1.82) is 0 Å². The molecule has 9 heteroatoms. The van der Waals surface area contributed by atoms with E-state index in [1.165, 1.54) is 12.1 Å². The summed E-state index contributed by atoms with van der Waals surface area (Å²) in [6.45, 7) is 3.25. The Morgan fingerprint density at radius 2 is 1.43 bits per heavy atom. The number of hydrogen-bond donors (Lipinski definition) is 0. The highest BCUT2D eigenvalue weighted by Gasteiger charge is 2.28. The van der Waals surface area contributed by atoms with Crippen LogP contribution in [0.2, 0.25) is 0 Å². The van der Waals surface area contributed by atoms with E-state index in [1.54, 1.807) is 56.3 Å². The maximum Gasteiger partial charge on any atom is 0.284 e. The van der Waals surface area contributed by atoms with Crippen molar-refractivity contribution in [3.8, 4) is 0 Å². The number of sulfonamides is 1. The fraction of sp³-hybridized carbons (Fsp3) is 0.0952. The van der Waals surface area contributed by atoms with Gasteiger partial charge in [-0.05, 0) is 49.3 Å². The number of hydrogen-bond acceptors (Lipinski definition) is 3. The van der Waals surface area contributed by atoms with Crippen LogP contribution in [-0.4, -0.2) is 25.7 Å². The maximum atomic E-state index is 12.9. The highest BCUT2D eigenvalue weighted by Crippen LogP contribution is 2.30. The van der Waals surface area contributed by atoms with E-state index in [0.29, 0.717) is 22.4 Å². The molecule has 0 bridgehead atoms. The first-order chi connectivity index (χ1) is 14.1. The molecule has 0 unspecified atom stereocenters. The van der Waals surface area contributed by atoms with Gasteiger partial charge in [-0.1, -0.05) is 69.5 Å². The lowest BCUT2D eigenvalue weighted by molar-refractivity contribution is -0.111. The third-order valence-electron chi connectivity index (χ3n) is 4.34. The van der Waals surface area contributed by atoms with Crippen molar-refractivity contribution >= 4 is 66.5 Å². The van der Waals surface area contributed by atoms with E-state index in [4.69, 9.17) is 23.2 Å². The molecule has 2 aromatic carbocycles. The summed E-state index contributed by atoms with van der Waals surface area (Å²) in [4.78, 5) is 16.6. The fourth-order valence-electron chi connectivity index (χ4n) is 2.70. The molecule has 0 aliphatic heterocycles. The Balaban J connectivity index is 2.23. The van der Waals surface area contributed by atoms with E-state index in [2.05, 4.69) is 25.3 Å². The summed E-state index contributed by atoms with van der Waals surface area (Å²) in [5.41, 5.74) is 1.58. The minimum absolute atomic E-state index is 0.0220. The predicted molar refractivity (Wildman–Crippen MR) is 124 cm³/mol. The molecule has 0 spiro atoms. The molecule has 0 atom stereocenters. The highest BCUT2D eigenvalue weighted by atomic mass is 79.9. The Morgan fingerprint density at radius 3 is 1.97 bits per heavy atom. The number of halogens is 3. The smallest absolute Gasteiger partial charge is 0.284 e. The van der Waals surface area contributed by atoms with Crippen LogP contribution in [0.4, 0.5) is 0 Å². The molecule has 0 radical (unpaired) electrons. The van der Waals surface area contributed by atoms with E-state index in [-0.39, 0.29) is 20.8 Å². The number of Topliss-reactive ketones (excluding diaryl/α,β-unsaturated/α-hetero) is 1. The van der Waals surface area contributed by atoms with E-state index >= 15 is 0 Å². The Hall–Kier alpha value is -2.06. The summed E-state index contributed by atoms with van der Waals surface area (Å²) >= 11 is 15.5. The number of ketones is 1. The predicted octanol–water partition coefficient (Wildman–Crippen LogP) is 5.63. The molecule has 0 N–H and O–H groups in total. The van der Waals surface area contributed by atoms with Crippen LogP contribution in [0.15, 0.2) is 94.6 Å². The van der Waals surface area contributed by atoms with Gasteiger partial charge >= 0.3 is 0 Å². The monoisotopic (exact) mass is 524 g/mol. The zero-order chi connectivity index (χ0) is 22.1. The molecule has 2 aromatic rings. The Morgan fingerprint density at radius 1 is 0.900 bits per heavy atom. The summed E-state index contributed by atoms with van der Waals surface area (Å²) in [6, 6.07) is 14.8. The van der Waals surface area contributed by atoms with Crippen molar-refractivity contribution < 1.29 is 13.2 Å². The number of benzene rings is 2. The lowest BCUT2D eigenvalue weighted by Crippen LogP contribution is -2.19. The molecule has 0 heterocycles. The second-order valence-corrected chi connectivity index (χ2v) is 9.65. The summed E-state index contributed by atoms with van der Waals surface area (Å²) in [5.74, 6) is -0.538. The van der Waals surface area contributed by atoms with Crippen molar-refractivity contribution in [1.82, 2.24) is 0 Å². The summed E-state index contributed by atoms with van der Waals surface area (Å²) < 4.78 is 30.5. The van der Waals surface area contributed by atoms with Crippen molar-refractivity contribution in [2.24, 2.45) is 9.39 Å². The minimum atomic E-state index is -4.05. The molecule has 0 fully saturated rings. The number of rotatable bonds is 3. The number of aliphatic imine (C=N–C) groups is 1. The number of carbonyl (C=O) groups excluding carboxylic acids is 1. The standard InChI is InChI=1S/C21H15BrCl2N2O3S/c1-12-17(23)20(27)18(24)13(2)19(12)25-21(14-6-4-3-5-7-14)26-30(28,29)16-10-8-15(22)9-11-16/h3-11H,1-2H3/b26-21-. The van der Waals surface area contributed by atoms with Gasteiger partial charge in [-0.3, -0.25) is 4.79 Å². The number of allylic oxidation sites excluding steroid dienone is 4. The molecule has 1 aliphatic carbocycles. The number of nitrogens with zero attached hydrogens (tertiary/aromatic N) is 2. The van der Waals surface area contributed by atoms with Gasteiger partial charge in [0.15, 0.2) is 5.84 Å². The topological polar surface area (TPSA) is 75.9 Å². The Bertz CT molecular complexity index is 1220. The van der Waals surface area contributed by atoms with E-state index in [1.807, 2.05) is 0 Å². The van der Waals surface area contributed by atoms with E-state index < -0.39 is 15.8 Å². The van der Waals surface area contributed by atoms with Crippen molar-refractivity contribution in [2.45, 2.75) is 18.7 Å². The third-order valence-corrected chi connectivity index (χ3v) is 7.06. The van der Waals surface area contributed by atoms with Gasteiger partial charge in [0.05, 0.1) is 20.7 Å². The molecule has 0 amide bonds. The fourth-order valence-corrected chi connectivity index (χ4v) is 4.34. The SMILES string of the molecule is CC1=C(Cl)C(=O)C(Cl)=C(C)C1=N/C(=N\S(=O)(=O)c1ccc(Br)cc1)c1ccccc1. The van der Waals surface area contributed by atoms with Gasteiger partial charge in [0.2, 0.25) is 5.78 Å². The van der Waals surface area contributed by atoms with Crippen LogP contribution in [0.25, 0.3) is 0 Å². The van der Waals surface area contributed by atoms with Crippen molar-refractivity contribution in [3.63, 3.8) is 0 Å². The largest absolute Gasteiger partial charge is 0.287 e. The zero-order valence-corrected chi connectivity index (χ0v) is 19.8. The highest BCUT2D eigenvalue weighted by molar-refractivity contribution is 9.10. The second-order valence-electron chi connectivity index (χ2n) is 6.38. The lowest BCUT2D eigenvalue weighted by Gasteiger charge is -2.17. The van der Waals surface area contributed by atoms with Crippen molar-refractivity contribution in [2.75, 3.05) is 0 Å². The van der Waals surface area contributed by atoms with Crippen LogP contribution in [0.3, 0.4) is 0 Å². The van der Waals surface area contributed by atoms with E-state index in [0.717, 1.165) is 4.47 Å². The maximum absolute atomic E-state index is 12.9. The third kappa shape index (κ3) is 4.64. The van der Waals surface area contributed by atoms with Gasteiger partial charge in [-0.15, -0.1) is 4.40 Å². The lowest BCUT2D eigenvalue weighted by atomic mass is 9.96. The number of carbonyl (C=O) groups is 1. The van der Waals surface area contributed by atoms with Crippen LogP contribution >= 0.6 is 39.1 Å². The molecule has 1 aliphatic rings. The van der Waals surface area contributed by atoms with Gasteiger partial charge in [-0.2, -0.15) is 8.42 Å². The first kappa shape index (κ1) is 22.6. The van der Waals surface area contributed by atoms with Gasteiger partial charge in [0.1, 0.15) is 0 Å². The zero-order valence-electron chi connectivity index (χ0n) is 15.9. The second kappa shape index (κ2) is 8.98. The first-order valence-corrected chi connectivity index (χ1v) is 11.6. The summed E-state index contributed by atoms with van der Waals surface area (Å²) in [5, 5.41) is -0.125. The molecular formula is C21H15BrCl2N2O3S. The van der Waals surface area contributed by atoms with Crippen molar-refractivity contribution in [3.05, 3.63) is 85.8 Å². The molecule has 3 rings (SSSR count). The normalized spacial score (nSPS) is 15.7. The number of amidine groups is 1. The average molecular weight is 526 g/mol. The molecule has 30 heavy (non-hydrogen) atoms. The van der Waals surface area contributed by atoms with Crippen LogP contribution in [0.1, 0.15) is 19.4 Å². The van der Waals surface area contributed by atoms with Gasteiger partial charge in [0.25, 0.3) is 10.0 Å². The van der Waals surface area contributed by atoms with Crippen LogP contribution in [0.5, 0.6) is 0 Å². The van der Waals surface area contributed by atoms with Gasteiger partial charge in [-0.25, -0.2) is 4.99 Å². The van der Waals surface area contributed by atoms with Gasteiger partial charge < -0.3 is 0 Å². The van der Waals surface area contributed by atoms with Crippen LogP contribution < -0.4 is 0 Å². The summed E-state index contributed by atoms with van der Waals surface area (Å²) in [7, 11) is -4.05. The molecular weight excluding hydrogens is 511 g/mol. The first-order valence-electron chi connectivity index (χ1n) is 8.64. The molecule has 0 saturated carbocycles. The molecule has 0 aromatic heterocycles.